The molecule has 3 rings (SSSR count). The summed E-state index contributed by atoms with van der Waals surface area (Å²) in [7, 11) is 1.44. The molecule has 0 aliphatic carbocycles. The monoisotopic (exact) mass is 242 g/mol. The van der Waals surface area contributed by atoms with Gasteiger partial charge in [0.05, 0.1) is 18.1 Å². The Bertz CT molecular complexity index is 673. The van der Waals surface area contributed by atoms with Crippen molar-refractivity contribution in [2.45, 2.75) is 0 Å². The van der Waals surface area contributed by atoms with Crippen molar-refractivity contribution >= 4 is 11.0 Å². The van der Waals surface area contributed by atoms with Gasteiger partial charge in [-0.3, -0.25) is 0 Å². The second kappa shape index (κ2) is 4.14. The second-order valence-electron chi connectivity index (χ2n) is 3.95. The predicted molar refractivity (Wildman–Crippen MR) is 68.0 cm³/mol. The van der Waals surface area contributed by atoms with Gasteiger partial charge in [-0.1, -0.05) is 12.1 Å². The SMILES string of the molecule is COc1ccc(-c2nc3ccccc3[nH]2)cc1F. The number of imidazole rings is 1. The number of para-hydroxylation sites is 2. The minimum atomic E-state index is -0.393. The topological polar surface area (TPSA) is 37.9 Å². The number of aromatic amines is 1. The molecule has 1 heterocycles. The summed E-state index contributed by atoms with van der Waals surface area (Å²) in [4.78, 5) is 7.57. The zero-order chi connectivity index (χ0) is 12.5. The number of methoxy groups -OCH3 is 1. The first-order valence-electron chi connectivity index (χ1n) is 5.56. The van der Waals surface area contributed by atoms with Crippen LogP contribution in [0.4, 0.5) is 4.39 Å². The minimum Gasteiger partial charge on any atom is -0.494 e. The lowest BCUT2D eigenvalue weighted by Gasteiger charge is -2.02. The number of rotatable bonds is 2. The molecule has 0 radical (unpaired) electrons. The Morgan fingerprint density at radius 2 is 2.00 bits per heavy atom. The lowest BCUT2D eigenvalue weighted by Crippen LogP contribution is -1.89. The number of benzene rings is 2. The van der Waals surface area contributed by atoms with E-state index in [4.69, 9.17) is 4.74 Å². The Labute approximate surface area is 103 Å². The van der Waals surface area contributed by atoms with Gasteiger partial charge in [0.25, 0.3) is 0 Å². The van der Waals surface area contributed by atoms with Gasteiger partial charge in [-0.2, -0.15) is 0 Å². The lowest BCUT2D eigenvalue weighted by molar-refractivity contribution is 0.386. The van der Waals surface area contributed by atoms with Gasteiger partial charge in [0, 0.05) is 5.56 Å². The number of halogens is 1. The molecule has 0 atom stereocenters. The molecule has 2 aromatic carbocycles. The molecule has 18 heavy (non-hydrogen) atoms. The van der Waals surface area contributed by atoms with Crippen LogP contribution < -0.4 is 4.74 Å². The zero-order valence-electron chi connectivity index (χ0n) is 9.77. The first-order chi connectivity index (χ1) is 8.78. The molecule has 0 aliphatic rings. The number of hydrogen-bond acceptors (Lipinski definition) is 2. The van der Waals surface area contributed by atoms with Crippen molar-refractivity contribution in [3.63, 3.8) is 0 Å². The summed E-state index contributed by atoms with van der Waals surface area (Å²) in [5.41, 5.74) is 2.50. The van der Waals surface area contributed by atoms with Crippen molar-refractivity contribution in [1.29, 1.82) is 0 Å². The molecule has 3 nitrogen and oxygen atoms in total. The van der Waals surface area contributed by atoms with Gasteiger partial charge in [-0.05, 0) is 30.3 Å². The number of nitrogens with zero attached hydrogens (tertiary/aromatic N) is 1. The van der Waals surface area contributed by atoms with E-state index in [1.54, 1.807) is 12.1 Å². The highest BCUT2D eigenvalue weighted by atomic mass is 19.1. The average molecular weight is 242 g/mol. The molecule has 4 heteroatoms. The molecule has 0 saturated heterocycles. The van der Waals surface area contributed by atoms with Gasteiger partial charge in [0.2, 0.25) is 0 Å². The zero-order valence-corrected chi connectivity index (χ0v) is 9.77. The molecular formula is C14H11FN2O. The van der Waals surface area contributed by atoms with E-state index in [1.807, 2.05) is 24.3 Å². The van der Waals surface area contributed by atoms with E-state index < -0.39 is 5.82 Å². The van der Waals surface area contributed by atoms with Crippen LogP contribution in [0.25, 0.3) is 22.4 Å². The summed E-state index contributed by atoms with van der Waals surface area (Å²) < 4.78 is 18.5. The third kappa shape index (κ3) is 1.72. The smallest absolute Gasteiger partial charge is 0.165 e. The summed E-state index contributed by atoms with van der Waals surface area (Å²) in [6.07, 6.45) is 0. The summed E-state index contributed by atoms with van der Waals surface area (Å²) in [5, 5.41) is 0. The third-order valence-electron chi connectivity index (χ3n) is 2.81. The Morgan fingerprint density at radius 3 is 2.72 bits per heavy atom. The maximum atomic E-state index is 13.6. The van der Waals surface area contributed by atoms with Crippen molar-refractivity contribution in [2.75, 3.05) is 7.11 Å². The number of fused-ring (bicyclic) bond motifs is 1. The maximum absolute atomic E-state index is 13.6. The van der Waals surface area contributed by atoms with Crippen LogP contribution >= 0.6 is 0 Å². The Kier molecular flexibility index (Phi) is 2.48. The van der Waals surface area contributed by atoms with Crippen molar-refractivity contribution in [3.05, 3.63) is 48.3 Å². The van der Waals surface area contributed by atoms with Crippen LogP contribution in [-0.2, 0) is 0 Å². The Balaban J connectivity index is 2.11. The van der Waals surface area contributed by atoms with Crippen LogP contribution in [0.1, 0.15) is 0 Å². The summed E-state index contributed by atoms with van der Waals surface area (Å²) in [6.45, 7) is 0. The van der Waals surface area contributed by atoms with Crippen LogP contribution in [0, 0.1) is 5.82 Å². The molecule has 0 fully saturated rings. The average Bonchev–Trinajstić information content (AvgIpc) is 2.82. The van der Waals surface area contributed by atoms with E-state index >= 15 is 0 Å². The van der Waals surface area contributed by atoms with E-state index in [1.165, 1.54) is 13.2 Å². The first-order valence-corrected chi connectivity index (χ1v) is 5.56. The van der Waals surface area contributed by atoms with Gasteiger partial charge in [0.15, 0.2) is 11.6 Å². The molecule has 1 N–H and O–H groups in total. The molecular weight excluding hydrogens is 231 g/mol. The van der Waals surface area contributed by atoms with Crippen LogP contribution in [0.5, 0.6) is 5.75 Å². The van der Waals surface area contributed by atoms with E-state index in [9.17, 15) is 4.39 Å². The molecule has 1 aromatic heterocycles. The summed E-state index contributed by atoms with van der Waals surface area (Å²) in [5.74, 6) is 0.489. The normalized spacial score (nSPS) is 10.8. The highest BCUT2D eigenvalue weighted by Gasteiger charge is 2.08. The number of hydrogen-bond donors (Lipinski definition) is 1. The molecule has 0 bridgehead atoms. The van der Waals surface area contributed by atoms with Crippen molar-refractivity contribution in [1.82, 2.24) is 9.97 Å². The molecule has 3 aromatic rings. The lowest BCUT2D eigenvalue weighted by atomic mass is 10.2. The standard InChI is InChI=1S/C14H11FN2O/c1-18-13-7-6-9(8-10(13)15)14-16-11-4-2-3-5-12(11)17-14/h2-8H,1H3,(H,16,17). The number of nitrogens with one attached hydrogen (secondary N) is 1. The molecule has 0 unspecified atom stereocenters. The van der Waals surface area contributed by atoms with Gasteiger partial charge in [0.1, 0.15) is 5.82 Å². The van der Waals surface area contributed by atoms with Gasteiger partial charge in [-0.25, -0.2) is 9.37 Å². The maximum Gasteiger partial charge on any atom is 0.165 e. The van der Waals surface area contributed by atoms with E-state index in [0.717, 1.165) is 11.0 Å². The fraction of sp³-hybridized carbons (Fsp3) is 0.0714. The number of aromatic nitrogens is 2. The van der Waals surface area contributed by atoms with E-state index in [-0.39, 0.29) is 5.75 Å². The minimum absolute atomic E-state index is 0.231. The van der Waals surface area contributed by atoms with Gasteiger partial charge in [-0.15, -0.1) is 0 Å². The molecule has 90 valence electrons. The van der Waals surface area contributed by atoms with Gasteiger partial charge < -0.3 is 9.72 Å². The molecule has 0 aliphatic heterocycles. The van der Waals surface area contributed by atoms with Crippen LogP contribution in [0.15, 0.2) is 42.5 Å². The highest BCUT2D eigenvalue weighted by Crippen LogP contribution is 2.25. The van der Waals surface area contributed by atoms with E-state index in [0.29, 0.717) is 11.4 Å². The van der Waals surface area contributed by atoms with E-state index in [2.05, 4.69) is 9.97 Å². The highest BCUT2D eigenvalue weighted by molar-refractivity contribution is 5.79. The van der Waals surface area contributed by atoms with Crippen molar-refractivity contribution in [2.24, 2.45) is 0 Å². The van der Waals surface area contributed by atoms with Crippen LogP contribution in [0.3, 0.4) is 0 Å². The molecule has 0 amide bonds. The largest absolute Gasteiger partial charge is 0.494 e. The predicted octanol–water partition coefficient (Wildman–Crippen LogP) is 3.38. The Morgan fingerprint density at radius 1 is 1.17 bits per heavy atom. The quantitative estimate of drug-likeness (QED) is 0.748. The second-order valence-corrected chi connectivity index (χ2v) is 3.95. The first kappa shape index (κ1) is 10.8. The Hall–Kier alpha value is -2.36. The fourth-order valence-electron chi connectivity index (χ4n) is 1.90. The van der Waals surface area contributed by atoms with Crippen LogP contribution in [0.2, 0.25) is 0 Å². The van der Waals surface area contributed by atoms with Gasteiger partial charge >= 0.3 is 0 Å². The number of H-pyrrole nitrogens is 1. The van der Waals surface area contributed by atoms with Crippen molar-refractivity contribution < 1.29 is 9.13 Å². The van der Waals surface area contributed by atoms with Crippen molar-refractivity contribution in [3.8, 4) is 17.1 Å². The third-order valence-corrected chi connectivity index (χ3v) is 2.81. The van der Waals surface area contributed by atoms with Crippen LogP contribution in [-0.4, -0.2) is 17.1 Å². The number of ether oxygens (including phenoxy) is 1. The molecule has 0 saturated carbocycles. The molecule has 0 spiro atoms. The summed E-state index contributed by atoms with van der Waals surface area (Å²) >= 11 is 0. The summed E-state index contributed by atoms with van der Waals surface area (Å²) in [6, 6.07) is 12.5. The fourth-order valence-corrected chi connectivity index (χ4v) is 1.90.